The van der Waals surface area contributed by atoms with Crippen LogP contribution >= 0.6 is 0 Å². The predicted octanol–water partition coefficient (Wildman–Crippen LogP) is 2.34. The van der Waals surface area contributed by atoms with Gasteiger partial charge in [0.15, 0.2) is 0 Å². The lowest BCUT2D eigenvalue weighted by atomic mass is 10.2. The number of hydrogen-bond acceptors (Lipinski definition) is 4. The molecule has 144 valence electrons. The Balaban J connectivity index is 1.35. The number of amides is 1. The summed E-state index contributed by atoms with van der Waals surface area (Å²) in [5, 5.41) is 0.543. The van der Waals surface area contributed by atoms with Crippen molar-refractivity contribution in [3.05, 3.63) is 70.5 Å². The number of nitrogens with one attached hydrogen (secondary N) is 1. The Bertz CT molecular complexity index is 1060. The molecule has 2 heterocycles. The second kappa shape index (κ2) is 7.80. The number of aromatic nitrogens is 2. The van der Waals surface area contributed by atoms with E-state index in [4.69, 9.17) is 0 Å². The summed E-state index contributed by atoms with van der Waals surface area (Å²) in [6.45, 7) is 2.29. The summed E-state index contributed by atoms with van der Waals surface area (Å²) in [6, 6.07) is 13.8. The van der Waals surface area contributed by atoms with E-state index in [9.17, 15) is 14.0 Å². The Morgan fingerprint density at radius 1 is 1.04 bits per heavy atom. The Morgan fingerprint density at radius 3 is 2.54 bits per heavy atom. The molecule has 0 spiro atoms. The fourth-order valence-electron chi connectivity index (χ4n) is 3.54. The van der Waals surface area contributed by atoms with Crippen molar-refractivity contribution in [3.63, 3.8) is 0 Å². The summed E-state index contributed by atoms with van der Waals surface area (Å²) in [5.74, 6) is 0.291. The molecule has 1 saturated heterocycles. The summed E-state index contributed by atoms with van der Waals surface area (Å²) in [6.07, 6.45) is 0.660. The summed E-state index contributed by atoms with van der Waals surface area (Å²) in [4.78, 5) is 35.6. The molecule has 1 fully saturated rings. The van der Waals surface area contributed by atoms with Gasteiger partial charge in [-0.1, -0.05) is 24.3 Å². The van der Waals surface area contributed by atoms with Crippen molar-refractivity contribution in [2.45, 2.75) is 12.8 Å². The molecule has 1 aliphatic heterocycles. The van der Waals surface area contributed by atoms with E-state index in [-0.39, 0.29) is 23.7 Å². The molecule has 0 unspecified atom stereocenters. The van der Waals surface area contributed by atoms with E-state index in [1.807, 2.05) is 17.0 Å². The molecule has 7 heteroatoms. The van der Waals surface area contributed by atoms with Gasteiger partial charge in [0.25, 0.3) is 5.56 Å². The van der Waals surface area contributed by atoms with Crippen LogP contribution < -0.4 is 10.5 Å². The number of anilines is 1. The Morgan fingerprint density at radius 2 is 1.75 bits per heavy atom. The third-order valence-electron chi connectivity index (χ3n) is 5.06. The molecule has 0 radical (unpaired) electrons. The number of benzene rings is 2. The van der Waals surface area contributed by atoms with Crippen LogP contribution in [0.25, 0.3) is 10.9 Å². The zero-order valence-corrected chi connectivity index (χ0v) is 15.4. The molecule has 3 aromatic rings. The largest absolute Gasteiger partial charge is 0.366 e. The molecule has 2 aromatic carbocycles. The molecule has 28 heavy (non-hydrogen) atoms. The molecule has 6 nitrogen and oxygen atoms in total. The molecule has 1 aromatic heterocycles. The van der Waals surface area contributed by atoms with Gasteiger partial charge in [-0.3, -0.25) is 9.59 Å². The number of halogens is 1. The molecular formula is C21H21FN4O2. The number of carbonyl (C=O) groups is 1. The van der Waals surface area contributed by atoms with E-state index >= 15 is 0 Å². The summed E-state index contributed by atoms with van der Waals surface area (Å²) >= 11 is 0. The quantitative estimate of drug-likeness (QED) is 0.754. The van der Waals surface area contributed by atoms with Crippen LogP contribution in [0.2, 0.25) is 0 Å². The zero-order valence-electron chi connectivity index (χ0n) is 15.4. The summed E-state index contributed by atoms with van der Waals surface area (Å²) in [7, 11) is 0. The molecule has 0 aliphatic carbocycles. The van der Waals surface area contributed by atoms with E-state index < -0.39 is 0 Å². The van der Waals surface area contributed by atoms with Crippen LogP contribution in [0.5, 0.6) is 0 Å². The highest BCUT2D eigenvalue weighted by atomic mass is 19.1. The van der Waals surface area contributed by atoms with E-state index in [1.54, 1.807) is 35.2 Å². The molecule has 1 aliphatic rings. The number of aromatic amines is 1. The fourth-order valence-corrected chi connectivity index (χ4v) is 3.54. The maximum absolute atomic E-state index is 13.9. The van der Waals surface area contributed by atoms with Crippen molar-refractivity contribution in [1.29, 1.82) is 0 Å². The molecular weight excluding hydrogens is 359 g/mol. The second-order valence-electron chi connectivity index (χ2n) is 6.85. The normalized spacial score (nSPS) is 14.5. The van der Waals surface area contributed by atoms with Gasteiger partial charge in [-0.15, -0.1) is 0 Å². The average Bonchev–Trinajstić information content (AvgIpc) is 2.73. The van der Waals surface area contributed by atoms with Gasteiger partial charge in [0.05, 0.1) is 16.6 Å². The first-order valence-corrected chi connectivity index (χ1v) is 9.37. The van der Waals surface area contributed by atoms with Gasteiger partial charge >= 0.3 is 0 Å². The molecule has 4 rings (SSSR count). The van der Waals surface area contributed by atoms with Gasteiger partial charge in [-0.25, -0.2) is 9.37 Å². The van der Waals surface area contributed by atoms with Crippen molar-refractivity contribution < 1.29 is 9.18 Å². The summed E-state index contributed by atoms with van der Waals surface area (Å²) in [5.41, 5.74) is 1.02. The van der Waals surface area contributed by atoms with E-state index in [0.717, 1.165) is 0 Å². The first-order valence-electron chi connectivity index (χ1n) is 9.37. The van der Waals surface area contributed by atoms with Crippen LogP contribution in [0, 0.1) is 5.82 Å². The van der Waals surface area contributed by atoms with Crippen LogP contribution in [0.4, 0.5) is 10.1 Å². The topological polar surface area (TPSA) is 69.3 Å². The maximum Gasteiger partial charge on any atom is 0.258 e. The van der Waals surface area contributed by atoms with E-state index in [2.05, 4.69) is 9.97 Å². The SMILES string of the molecule is O=C(CCc1nc2ccccc2c(=O)[nH]1)N1CCN(c2ccccc2F)CC1. The number of hydrogen-bond donors (Lipinski definition) is 1. The number of nitrogens with zero attached hydrogens (tertiary/aromatic N) is 3. The number of carbonyl (C=O) groups excluding carboxylic acids is 1. The van der Waals surface area contributed by atoms with Crippen molar-refractivity contribution in [3.8, 4) is 0 Å². The molecule has 1 amide bonds. The van der Waals surface area contributed by atoms with Gasteiger partial charge in [-0.05, 0) is 24.3 Å². The van der Waals surface area contributed by atoms with E-state index in [0.29, 0.717) is 55.0 Å². The van der Waals surface area contributed by atoms with Crippen LogP contribution in [-0.2, 0) is 11.2 Å². The summed E-state index contributed by atoms with van der Waals surface area (Å²) < 4.78 is 13.9. The standard InChI is InChI=1S/C21H21FN4O2/c22-16-6-2-4-8-18(16)25-11-13-26(14-12-25)20(27)10-9-19-23-17-7-3-1-5-15(17)21(28)24-19/h1-8H,9-14H2,(H,23,24,28). The molecule has 0 atom stereocenters. The molecule has 1 N–H and O–H groups in total. The van der Waals surface area contributed by atoms with Crippen molar-refractivity contribution >= 4 is 22.5 Å². The zero-order chi connectivity index (χ0) is 19.5. The number of rotatable bonds is 4. The monoisotopic (exact) mass is 380 g/mol. The highest BCUT2D eigenvalue weighted by Crippen LogP contribution is 2.20. The van der Waals surface area contributed by atoms with Crippen LogP contribution in [0.1, 0.15) is 12.2 Å². The van der Waals surface area contributed by atoms with Crippen molar-refractivity contribution in [2.75, 3.05) is 31.1 Å². The first kappa shape index (κ1) is 18.2. The van der Waals surface area contributed by atoms with E-state index in [1.165, 1.54) is 6.07 Å². The minimum atomic E-state index is -0.242. The van der Waals surface area contributed by atoms with Crippen LogP contribution in [0.15, 0.2) is 53.3 Å². The third kappa shape index (κ3) is 3.74. The number of fused-ring (bicyclic) bond motifs is 1. The molecule has 0 bridgehead atoms. The van der Waals surface area contributed by atoms with Gasteiger partial charge in [-0.2, -0.15) is 0 Å². The number of para-hydroxylation sites is 2. The fraction of sp³-hybridized carbons (Fsp3) is 0.286. The Labute approximate surface area is 161 Å². The van der Waals surface area contributed by atoms with Crippen LogP contribution in [0.3, 0.4) is 0 Å². The maximum atomic E-state index is 13.9. The highest BCUT2D eigenvalue weighted by molar-refractivity contribution is 5.78. The van der Waals surface area contributed by atoms with Gasteiger partial charge < -0.3 is 14.8 Å². The lowest BCUT2D eigenvalue weighted by Gasteiger charge is -2.36. The second-order valence-corrected chi connectivity index (χ2v) is 6.85. The van der Waals surface area contributed by atoms with Crippen molar-refractivity contribution in [1.82, 2.24) is 14.9 Å². The number of piperazine rings is 1. The number of aryl methyl sites for hydroxylation is 1. The first-order chi connectivity index (χ1) is 13.6. The van der Waals surface area contributed by atoms with Crippen LogP contribution in [-0.4, -0.2) is 47.0 Å². The smallest absolute Gasteiger partial charge is 0.258 e. The Kier molecular flexibility index (Phi) is 5.06. The lowest BCUT2D eigenvalue weighted by Crippen LogP contribution is -2.49. The van der Waals surface area contributed by atoms with Crippen molar-refractivity contribution in [2.24, 2.45) is 0 Å². The highest BCUT2D eigenvalue weighted by Gasteiger charge is 2.22. The van der Waals surface area contributed by atoms with Gasteiger partial charge in [0.2, 0.25) is 5.91 Å². The van der Waals surface area contributed by atoms with Gasteiger partial charge in [0.1, 0.15) is 11.6 Å². The third-order valence-corrected chi connectivity index (χ3v) is 5.06. The average molecular weight is 380 g/mol. The predicted molar refractivity (Wildman–Crippen MR) is 106 cm³/mol. The van der Waals surface area contributed by atoms with Gasteiger partial charge in [0, 0.05) is 39.0 Å². The minimum Gasteiger partial charge on any atom is -0.366 e. The lowest BCUT2D eigenvalue weighted by molar-refractivity contribution is -0.131. The molecule has 0 saturated carbocycles. The minimum absolute atomic E-state index is 0.0176. The Hall–Kier alpha value is -3.22. The number of H-pyrrole nitrogens is 1.